The lowest BCUT2D eigenvalue weighted by atomic mass is 10.0. The van der Waals surface area contributed by atoms with Crippen LogP contribution in [0.3, 0.4) is 0 Å². The summed E-state index contributed by atoms with van der Waals surface area (Å²) in [5.74, 6) is -0.975. The second-order valence-corrected chi connectivity index (χ2v) is 8.71. The van der Waals surface area contributed by atoms with E-state index in [1.54, 1.807) is 18.2 Å². The average molecular weight is 470 g/mol. The zero-order valence-electron chi connectivity index (χ0n) is 18.0. The Morgan fingerprint density at radius 3 is 2.47 bits per heavy atom. The highest BCUT2D eigenvalue weighted by Gasteiger charge is 2.41. The van der Waals surface area contributed by atoms with Crippen LogP contribution in [0, 0.1) is 4.91 Å². The Kier molecular flexibility index (Phi) is 5.38. The van der Waals surface area contributed by atoms with E-state index in [4.69, 9.17) is 0 Å². The summed E-state index contributed by atoms with van der Waals surface area (Å²) >= 11 is 0. The van der Waals surface area contributed by atoms with E-state index >= 15 is 0 Å². The van der Waals surface area contributed by atoms with Crippen molar-refractivity contribution in [2.75, 3.05) is 10.2 Å². The Hall–Kier alpha value is -3.69. The van der Waals surface area contributed by atoms with Crippen molar-refractivity contribution in [1.29, 1.82) is 0 Å². The van der Waals surface area contributed by atoms with Crippen LogP contribution in [-0.2, 0) is 12.7 Å². The van der Waals surface area contributed by atoms with Gasteiger partial charge in [0, 0.05) is 29.5 Å². The molecule has 2 fully saturated rings. The van der Waals surface area contributed by atoms with Gasteiger partial charge in [0.25, 0.3) is 5.91 Å². The minimum Gasteiger partial charge on any atom is -0.366 e. The van der Waals surface area contributed by atoms with E-state index < -0.39 is 28.8 Å². The molecule has 5 rings (SSSR count). The number of pyridine rings is 1. The lowest BCUT2D eigenvalue weighted by Crippen LogP contribution is -2.28. The topological polar surface area (TPSA) is 94.6 Å². The Morgan fingerprint density at radius 1 is 1.12 bits per heavy atom. The quantitative estimate of drug-likeness (QED) is 0.502. The lowest BCUT2D eigenvalue weighted by Gasteiger charge is -2.26. The molecule has 3 heterocycles. The highest BCUT2D eigenvalue weighted by atomic mass is 19.4. The number of nitrogens with zero attached hydrogens (tertiary/aromatic N) is 2. The summed E-state index contributed by atoms with van der Waals surface area (Å²) in [6.45, 7) is -0.274. The van der Waals surface area contributed by atoms with Crippen molar-refractivity contribution < 1.29 is 18.0 Å². The number of hydrogen-bond acceptors (Lipinski definition) is 5. The van der Waals surface area contributed by atoms with Crippen molar-refractivity contribution in [2.24, 2.45) is 5.18 Å². The van der Waals surface area contributed by atoms with Crippen molar-refractivity contribution in [2.45, 2.75) is 50.5 Å². The molecule has 0 saturated carbocycles. The predicted molar refractivity (Wildman–Crippen MR) is 122 cm³/mol. The zero-order valence-corrected chi connectivity index (χ0v) is 18.0. The standard InChI is InChI=1S/C24H21F3N4O3/c25-24(26,27)18-10-16(31-14-4-5-15(31)7-6-14)8-9-19(18)30-23(33)17-12-28-20-3-1-2-13(11-29-34)21(20)22(17)32/h1-3,8-10,12,14-15H,4-7,11H2,(H,28,32)(H,30,33). The maximum absolute atomic E-state index is 13.9. The second kappa shape index (κ2) is 8.27. The highest BCUT2D eigenvalue weighted by Crippen LogP contribution is 2.44. The smallest absolute Gasteiger partial charge is 0.366 e. The number of nitroso groups, excluding NO2 is 1. The van der Waals surface area contributed by atoms with Crippen molar-refractivity contribution in [3.05, 3.63) is 74.4 Å². The summed E-state index contributed by atoms with van der Waals surface area (Å²) < 4.78 is 41.8. The van der Waals surface area contributed by atoms with E-state index in [0.717, 1.165) is 37.9 Å². The fraction of sp³-hybridized carbons (Fsp3) is 0.333. The van der Waals surface area contributed by atoms with Crippen LogP contribution in [0.4, 0.5) is 24.5 Å². The Labute approximate surface area is 191 Å². The maximum Gasteiger partial charge on any atom is 0.418 e. The molecule has 2 bridgehead atoms. The number of fused-ring (bicyclic) bond motifs is 3. The molecular formula is C24H21F3N4O3. The van der Waals surface area contributed by atoms with Gasteiger partial charge in [-0.2, -0.15) is 18.1 Å². The molecule has 34 heavy (non-hydrogen) atoms. The first-order valence-corrected chi connectivity index (χ1v) is 11.0. The largest absolute Gasteiger partial charge is 0.418 e. The summed E-state index contributed by atoms with van der Waals surface area (Å²) in [5, 5.41) is 5.17. The van der Waals surface area contributed by atoms with Crippen LogP contribution in [0.1, 0.15) is 47.2 Å². The minimum absolute atomic E-state index is 0.102. The third-order valence-corrected chi connectivity index (χ3v) is 6.78. The van der Waals surface area contributed by atoms with Crippen molar-refractivity contribution in [3.8, 4) is 0 Å². The van der Waals surface area contributed by atoms with Crippen LogP contribution in [0.25, 0.3) is 10.9 Å². The molecule has 10 heteroatoms. The van der Waals surface area contributed by atoms with Gasteiger partial charge in [0.15, 0.2) is 0 Å². The van der Waals surface area contributed by atoms with Gasteiger partial charge in [0.1, 0.15) is 12.1 Å². The molecule has 2 N–H and O–H groups in total. The number of halogens is 3. The van der Waals surface area contributed by atoms with E-state index in [9.17, 15) is 27.7 Å². The third-order valence-electron chi connectivity index (χ3n) is 6.78. The predicted octanol–water partition coefficient (Wildman–Crippen LogP) is 5.20. The number of hydrogen-bond donors (Lipinski definition) is 2. The van der Waals surface area contributed by atoms with Gasteiger partial charge < -0.3 is 15.2 Å². The number of anilines is 2. The van der Waals surface area contributed by atoms with Crippen molar-refractivity contribution >= 4 is 28.2 Å². The molecule has 2 aromatic carbocycles. The van der Waals surface area contributed by atoms with Gasteiger partial charge in [-0.1, -0.05) is 17.3 Å². The highest BCUT2D eigenvalue weighted by molar-refractivity contribution is 6.06. The summed E-state index contributed by atoms with van der Waals surface area (Å²) in [4.78, 5) is 41.5. The summed E-state index contributed by atoms with van der Waals surface area (Å²) in [5.41, 5.74) is -1.23. The molecule has 0 spiro atoms. The van der Waals surface area contributed by atoms with Gasteiger partial charge in [-0.15, -0.1) is 0 Å². The SMILES string of the molecule is O=NCc1cccc2[nH]cc(C(=O)Nc3ccc(N4C5CCC4CC5)cc3C(F)(F)F)c(=O)c12. The minimum atomic E-state index is -4.70. The van der Waals surface area contributed by atoms with E-state index in [2.05, 4.69) is 20.4 Å². The van der Waals surface area contributed by atoms with Crippen molar-refractivity contribution in [1.82, 2.24) is 4.98 Å². The number of rotatable bonds is 5. The van der Waals surface area contributed by atoms with Crippen LogP contribution < -0.4 is 15.6 Å². The average Bonchev–Trinajstić information content (AvgIpc) is 3.40. The maximum atomic E-state index is 13.9. The van der Waals surface area contributed by atoms with Gasteiger partial charge in [0.2, 0.25) is 5.43 Å². The van der Waals surface area contributed by atoms with E-state index in [1.807, 2.05) is 0 Å². The monoisotopic (exact) mass is 470 g/mol. The molecule has 1 amide bonds. The lowest BCUT2D eigenvalue weighted by molar-refractivity contribution is -0.136. The number of amides is 1. The number of aromatic amines is 1. The third kappa shape index (κ3) is 3.72. The van der Waals surface area contributed by atoms with Gasteiger partial charge in [-0.3, -0.25) is 9.59 Å². The molecule has 2 saturated heterocycles. The van der Waals surface area contributed by atoms with Gasteiger partial charge >= 0.3 is 6.18 Å². The molecule has 2 aliphatic heterocycles. The number of benzene rings is 2. The molecule has 0 aliphatic carbocycles. The fourth-order valence-electron chi connectivity index (χ4n) is 5.27. The van der Waals surface area contributed by atoms with Crippen LogP contribution in [0.2, 0.25) is 0 Å². The molecule has 176 valence electrons. The molecule has 0 unspecified atom stereocenters. The summed E-state index contributed by atoms with van der Waals surface area (Å²) in [7, 11) is 0. The van der Waals surface area contributed by atoms with Gasteiger partial charge in [-0.05, 0) is 55.5 Å². The fourth-order valence-corrected chi connectivity index (χ4v) is 5.27. The van der Waals surface area contributed by atoms with Crippen LogP contribution in [0.5, 0.6) is 0 Å². The number of alkyl halides is 3. The molecule has 0 atom stereocenters. The normalized spacial score (nSPS) is 19.6. The molecule has 0 radical (unpaired) electrons. The van der Waals surface area contributed by atoms with Crippen molar-refractivity contribution in [3.63, 3.8) is 0 Å². The summed E-state index contributed by atoms with van der Waals surface area (Å²) in [6.07, 6.45) is 0.332. The van der Waals surface area contributed by atoms with Crippen LogP contribution in [0.15, 0.2) is 52.6 Å². The Bertz CT molecular complexity index is 1330. The number of H-pyrrole nitrogens is 1. The molecular weight excluding hydrogens is 449 g/mol. The number of aromatic nitrogens is 1. The first-order chi connectivity index (χ1) is 16.3. The number of nitrogens with one attached hydrogen (secondary N) is 2. The molecule has 3 aromatic rings. The first kappa shape index (κ1) is 22.1. The first-order valence-electron chi connectivity index (χ1n) is 11.0. The number of carbonyl (C=O) groups excluding carboxylic acids is 1. The number of carbonyl (C=O) groups is 1. The summed E-state index contributed by atoms with van der Waals surface area (Å²) in [6, 6.07) is 9.15. The van der Waals surface area contributed by atoms with Crippen LogP contribution >= 0.6 is 0 Å². The Balaban J connectivity index is 1.51. The Morgan fingerprint density at radius 2 is 1.82 bits per heavy atom. The van der Waals surface area contributed by atoms with Gasteiger partial charge in [-0.25, -0.2) is 0 Å². The van der Waals surface area contributed by atoms with E-state index in [0.29, 0.717) is 16.8 Å². The van der Waals surface area contributed by atoms with E-state index in [1.165, 1.54) is 12.1 Å². The van der Waals surface area contributed by atoms with Crippen LogP contribution in [-0.4, -0.2) is 23.0 Å². The molecule has 2 aliphatic rings. The van der Waals surface area contributed by atoms with Gasteiger partial charge in [0.05, 0.1) is 16.6 Å². The second-order valence-electron chi connectivity index (χ2n) is 8.71. The molecule has 7 nitrogen and oxygen atoms in total. The van der Waals surface area contributed by atoms with E-state index in [-0.39, 0.29) is 29.6 Å². The molecule has 1 aromatic heterocycles. The zero-order chi connectivity index (χ0) is 24.0.